The topological polar surface area (TPSA) is 91.4 Å². The van der Waals surface area contributed by atoms with Crippen molar-refractivity contribution in [3.63, 3.8) is 0 Å². The highest BCUT2D eigenvalue weighted by Gasteiger charge is 2.13. The van der Waals surface area contributed by atoms with E-state index < -0.39 is 0 Å². The second kappa shape index (κ2) is 9.61. The van der Waals surface area contributed by atoms with Gasteiger partial charge in [-0.2, -0.15) is 5.10 Å². The van der Waals surface area contributed by atoms with Gasteiger partial charge in [0.1, 0.15) is 5.75 Å². The molecule has 3 rings (SSSR count). The molecule has 0 radical (unpaired) electrons. The summed E-state index contributed by atoms with van der Waals surface area (Å²) in [6.07, 6.45) is 4.23. The summed E-state index contributed by atoms with van der Waals surface area (Å²) >= 11 is 0. The molecule has 2 amide bonds. The van der Waals surface area contributed by atoms with Crippen LogP contribution in [-0.4, -0.2) is 49.0 Å². The normalized spacial score (nSPS) is 13.3. The Morgan fingerprint density at radius 2 is 2.04 bits per heavy atom. The number of urea groups is 1. The number of benzene rings is 1. The Morgan fingerprint density at radius 3 is 2.85 bits per heavy atom. The van der Waals surface area contributed by atoms with Gasteiger partial charge < -0.3 is 25.6 Å². The van der Waals surface area contributed by atoms with Crippen LogP contribution in [0.1, 0.15) is 19.8 Å². The average Bonchev–Trinajstić information content (AvgIpc) is 3.22. The third-order valence-electron chi connectivity index (χ3n) is 4.26. The molecule has 144 valence electrons. The standard InChI is InChI=1S/C19H26N6O2/c1-2-27-17-8-4-3-7-16(17)23-19(26)21-10-9-20-18-13-15(14-22-24-18)25-11-5-6-12-25/h3-4,7-8,13-14H,2,5-6,9-12H2,1H3,(H,20,24)(H2,21,23,26). The number of ether oxygens (including phenoxy) is 1. The highest BCUT2D eigenvalue weighted by Crippen LogP contribution is 2.23. The summed E-state index contributed by atoms with van der Waals surface area (Å²) in [7, 11) is 0. The number of aromatic nitrogens is 2. The van der Waals surface area contributed by atoms with Crippen LogP contribution in [0.5, 0.6) is 5.75 Å². The lowest BCUT2D eigenvalue weighted by molar-refractivity contribution is 0.252. The lowest BCUT2D eigenvalue weighted by Crippen LogP contribution is -2.32. The third kappa shape index (κ3) is 5.47. The van der Waals surface area contributed by atoms with Crippen LogP contribution in [0.25, 0.3) is 0 Å². The summed E-state index contributed by atoms with van der Waals surface area (Å²) in [6, 6.07) is 9.08. The van der Waals surface area contributed by atoms with Gasteiger partial charge in [0.2, 0.25) is 0 Å². The zero-order chi connectivity index (χ0) is 18.9. The quantitative estimate of drug-likeness (QED) is 0.619. The van der Waals surface area contributed by atoms with E-state index in [2.05, 4.69) is 31.0 Å². The Kier molecular flexibility index (Phi) is 6.67. The maximum absolute atomic E-state index is 12.1. The summed E-state index contributed by atoms with van der Waals surface area (Å²) in [4.78, 5) is 14.4. The molecular weight excluding hydrogens is 344 g/mol. The van der Waals surface area contributed by atoms with Crippen LogP contribution in [0.4, 0.5) is 22.0 Å². The van der Waals surface area contributed by atoms with Crippen LogP contribution in [0, 0.1) is 0 Å². The molecule has 0 unspecified atom stereocenters. The first-order chi connectivity index (χ1) is 13.3. The van der Waals surface area contributed by atoms with Crippen molar-refractivity contribution in [2.75, 3.05) is 48.3 Å². The zero-order valence-electron chi connectivity index (χ0n) is 15.6. The van der Waals surface area contributed by atoms with Gasteiger partial charge in [-0.1, -0.05) is 12.1 Å². The highest BCUT2D eigenvalue weighted by molar-refractivity contribution is 5.90. The second-order valence-corrected chi connectivity index (χ2v) is 6.23. The number of rotatable bonds is 8. The van der Waals surface area contributed by atoms with Gasteiger partial charge in [0, 0.05) is 32.2 Å². The van der Waals surface area contributed by atoms with Crippen LogP contribution in [-0.2, 0) is 0 Å². The Balaban J connectivity index is 1.42. The fraction of sp³-hybridized carbons (Fsp3) is 0.421. The second-order valence-electron chi connectivity index (χ2n) is 6.23. The average molecular weight is 370 g/mol. The Hall–Kier alpha value is -3.03. The number of anilines is 3. The number of amides is 2. The van der Waals surface area contributed by atoms with E-state index in [9.17, 15) is 4.79 Å². The van der Waals surface area contributed by atoms with E-state index in [0.717, 1.165) is 18.8 Å². The van der Waals surface area contributed by atoms with Gasteiger partial charge in [-0.25, -0.2) is 4.79 Å². The number of nitrogens with zero attached hydrogens (tertiary/aromatic N) is 3. The van der Waals surface area contributed by atoms with E-state index in [4.69, 9.17) is 4.74 Å². The first-order valence-corrected chi connectivity index (χ1v) is 9.34. The minimum absolute atomic E-state index is 0.277. The Morgan fingerprint density at radius 1 is 1.22 bits per heavy atom. The van der Waals surface area contributed by atoms with Crippen LogP contribution >= 0.6 is 0 Å². The molecule has 0 bridgehead atoms. The molecule has 27 heavy (non-hydrogen) atoms. The molecule has 8 heteroatoms. The van der Waals surface area contributed by atoms with E-state index in [1.54, 1.807) is 6.20 Å². The van der Waals surface area contributed by atoms with Crippen molar-refractivity contribution >= 4 is 23.2 Å². The van der Waals surface area contributed by atoms with E-state index >= 15 is 0 Å². The molecule has 1 aliphatic heterocycles. The van der Waals surface area contributed by atoms with Crippen molar-refractivity contribution in [1.29, 1.82) is 0 Å². The monoisotopic (exact) mass is 370 g/mol. The first-order valence-electron chi connectivity index (χ1n) is 9.34. The Bertz CT molecular complexity index is 748. The van der Waals surface area contributed by atoms with E-state index in [-0.39, 0.29) is 6.03 Å². The van der Waals surface area contributed by atoms with E-state index in [1.807, 2.05) is 37.3 Å². The number of carbonyl (C=O) groups is 1. The van der Waals surface area contributed by atoms with Crippen LogP contribution in [0.15, 0.2) is 36.5 Å². The van der Waals surface area contributed by atoms with Crippen molar-refractivity contribution in [2.45, 2.75) is 19.8 Å². The summed E-state index contributed by atoms with van der Waals surface area (Å²) in [6.45, 7) is 5.59. The molecule has 3 N–H and O–H groups in total. The van der Waals surface area contributed by atoms with Crippen molar-refractivity contribution in [3.05, 3.63) is 36.5 Å². The summed E-state index contributed by atoms with van der Waals surface area (Å²) < 4.78 is 5.50. The van der Waals surface area contributed by atoms with E-state index in [0.29, 0.717) is 37.0 Å². The lowest BCUT2D eigenvalue weighted by atomic mass is 10.3. The van der Waals surface area contributed by atoms with Gasteiger partial charge in [-0.15, -0.1) is 5.10 Å². The fourth-order valence-electron chi connectivity index (χ4n) is 2.98. The molecule has 0 atom stereocenters. The number of para-hydroxylation sites is 2. The minimum atomic E-state index is -0.277. The van der Waals surface area contributed by atoms with Crippen molar-refractivity contribution in [2.24, 2.45) is 0 Å². The van der Waals surface area contributed by atoms with Crippen molar-refractivity contribution < 1.29 is 9.53 Å². The molecule has 0 saturated carbocycles. The largest absolute Gasteiger partial charge is 0.492 e. The van der Waals surface area contributed by atoms with Crippen LogP contribution in [0.3, 0.4) is 0 Å². The number of hydrogen-bond donors (Lipinski definition) is 3. The molecule has 0 aliphatic carbocycles. The Labute approximate surface area is 159 Å². The molecule has 0 spiro atoms. The zero-order valence-corrected chi connectivity index (χ0v) is 15.6. The van der Waals surface area contributed by atoms with Crippen LogP contribution in [0.2, 0.25) is 0 Å². The molecule has 8 nitrogen and oxygen atoms in total. The molecule has 2 heterocycles. The van der Waals surface area contributed by atoms with Crippen molar-refractivity contribution in [3.8, 4) is 5.75 Å². The van der Waals surface area contributed by atoms with Gasteiger partial charge in [0.25, 0.3) is 0 Å². The van der Waals surface area contributed by atoms with Gasteiger partial charge >= 0.3 is 6.03 Å². The molecule has 1 saturated heterocycles. The maximum atomic E-state index is 12.1. The molecule has 1 aliphatic rings. The molecule has 1 fully saturated rings. The molecule has 1 aromatic heterocycles. The van der Waals surface area contributed by atoms with Crippen LogP contribution < -0.4 is 25.6 Å². The third-order valence-corrected chi connectivity index (χ3v) is 4.26. The molecular formula is C19H26N6O2. The van der Waals surface area contributed by atoms with E-state index in [1.165, 1.54) is 12.8 Å². The number of hydrogen-bond acceptors (Lipinski definition) is 6. The summed E-state index contributed by atoms with van der Waals surface area (Å²) in [5.41, 5.74) is 1.73. The molecule has 1 aromatic carbocycles. The fourth-order valence-corrected chi connectivity index (χ4v) is 2.98. The first kappa shape index (κ1) is 18.8. The van der Waals surface area contributed by atoms with Crippen molar-refractivity contribution in [1.82, 2.24) is 15.5 Å². The van der Waals surface area contributed by atoms with Gasteiger partial charge in [-0.05, 0) is 31.9 Å². The SMILES string of the molecule is CCOc1ccccc1NC(=O)NCCNc1cc(N2CCCC2)cnn1. The van der Waals surface area contributed by atoms with Gasteiger partial charge in [0.05, 0.1) is 24.2 Å². The summed E-state index contributed by atoms with van der Waals surface area (Å²) in [5.74, 6) is 1.37. The van der Waals surface area contributed by atoms with Gasteiger partial charge in [-0.3, -0.25) is 0 Å². The number of nitrogens with one attached hydrogen (secondary N) is 3. The van der Waals surface area contributed by atoms with Gasteiger partial charge in [0.15, 0.2) is 5.82 Å². The maximum Gasteiger partial charge on any atom is 0.319 e. The highest BCUT2D eigenvalue weighted by atomic mass is 16.5. The predicted octanol–water partition coefficient (Wildman–Crippen LogP) is 2.71. The smallest absolute Gasteiger partial charge is 0.319 e. The minimum Gasteiger partial charge on any atom is -0.492 e. The number of carbonyl (C=O) groups excluding carboxylic acids is 1. The lowest BCUT2D eigenvalue weighted by Gasteiger charge is -2.17. The molecule has 2 aromatic rings. The predicted molar refractivity (Wildman–Crippen MR) is 107 cm³/mol. The summed E-state index contributed by atoms with van der Waals surface area (Å²) in [5, 5.41) is 17.0.